The number of anilines is 1. The Labute approximate surface area is 158 Å². The van der Waals surface area contributed by atoms with Crippen molar-refractivity contribution in [3.63, 3.8) is 0 Å². The van der Waals surface area contributed by atoms with Crippen molar-refractivity contribution < 1.29 is 17.9 Å². The smallest absolute Gasteiger partial charge is 0.262 e. The minimum atomic E-state index is -3.80. The van der Waals surface area contributed by atoms with Crippen LogP contribution in [0.5, 0.6) is 11.5 Å². The molecule has 0 unspecified atom stereocenters. The van der Waals surface area contributed by atoms with E-state index in [1.807, 2.05) is 25.1 Å². The lowest BCUT2D eigenvalue weighted by molar-refractivity contribution is 0.344. The van der Waals surface area contributed by atoms with Crippen molar-refractivity contribution in [2.45, 2.75) is 11.8 Å². The first-order valence-electron chi connectivity index (χ1n) is 8.32. The Morgan fingerprint density at radius 2 is 1.67 bits per heavy atom. The standard InChI is InChI=1S/C20H18N2O4S/c1-2-25-19-11-12-20(18-6-4-3-5-17(18)19)27(23,24)22-15-7-9-16(10-8-15)26-14-13-21/h3-12,22H,2,14H2,1H3. The predicted octanol–water partition coefficient (Wildman–Crippen LogP) is 3.94. The van der Waals surface area contributed by atoms with Gasteiger partial charge in [0.15, 0.2) is 6.61 Å². The summed E-state index contributed by atoms with van der Waals surface area (Å²) in [6, 6.07) is 18.7. The molecule has 0 aromatic heterocycles. The normalized spacial score (nSPS) is 11.0. The molecule has 0 radical (unpaired) electrons. The summed E-state index contributed by atoms with van der Waals surface area (Å²) < 4.78 is 39.2. The number of rotatable bonds is 7. The van der Waals surface area contributed by atoms with E-state index in [1.165, 1.54) is 0 Å². The molecule has 0 fully saturated rings. The topological polar surface area (TPSA) is 88.4 Å². The van der Waals surface area contributed by atoms with E-state index in [9.17, 15) is 8.42 Å². The van der Waals surface area contributed by atoms with Gasteiger partial charge in [0.2, 0.25) is 0 Å². The maximum absolute atomic E-state index is 12.9. The van der Waals surface area contributed by atoms with Crippen molar-refractivity contribution in [2.24, 2.45) is 0 Å². The minimum absolute atomic E-state index is 0.0662. The van der Waals surface area contributed by atoms with Crippen LogP contribution in [0.3, 0.4) is 0 Å². The molecule has 7 heteroatoms. The van der Waals surface area contributed by atoms with E-state index in [4.69, 9.17) is 14.7 Å². The summed E-state index contributed by atoms with van der Waals surface area (Å²) in [7, 11) is -3.80. The molecule has 6 nitrogen and oxygen atoms in total. The van der Waals surface area contributed by atoms with Gasteiger partial charge in [0.05, 0.1) is 11.5 Å². The van der Waals surface area contributed by atoms with Crippen LogP contribution < -0.4 is 14.2 Å². The number of nitrogens with one attached hydrogen (secondary N) is 1. The van der Waals surface area contributed by atoms with Crippen molar-refractivity contribution in [1.29, 1.82) is 5.26 Å². The monoisotopic (exact) mass is 382 g/mol. The van der Waals surface area contributed by atoms with Gasteiger partial charge < -0.3 is 9.47 Å². The zero-order chi connectivity index (χ0) is 19.3. The van der Waals surface area contributed by atoms with Gasteiger partial charge in [-0.15, -0.1) is 0 Å². The summed E-state index contributed by atoms with van der Waals surface area (Å²) in [6.07, 6.45) is 0. The van der Waals surface area contributed by atoms with E-state index >= 15 is 0 Å². The molecule has 0 saturated carbocycles. The first kappa shape index (κ1) is 18.5. The Morgan fingerprint density at radius 3 is 2.33 bits per heavy atom. The Hall–Kier alpha value is -3.24. The van der Waals surface area contributed by atoms with E-state index in [2.05, 4.69) is 4.72 Å². The van der Waals surface area contributed by atoms with E-state index in [1.54, 1.807) is 48.5 Å². The molecule has 0 spiro atoms. The van der Waals surface area contributed by atoms with Gasteiger partial charge in [-0.2, -0.15) is 5.26 Å². The molecule has 3 aromatic carbocycles. The van der Waals surface area contributed by atoms with Crippen molar-refractivity contribution in [2.75, 3.05) is 17.9 Å². The Bertz CT molecular complexity index is 1090. The van der Waals surface area contributed by atoms with Gasteiger partial charge in [0.25, 0.3) is 10.0 Å². The molecule has 0 atom stereocenters. The molecular formula is C20H18N2O4S. The summed E-state index contributed by atoms with van der Waals surface area (Å²) in [5, 5.41) is 9.85. The Balaban J connectivity index is 1.93. The van der Waals surface area contributed by atoms with Crippen molar-refractivity contribution in [3.05, 3.63) is 60.7 Å². The average molecular weight is 382 g/mol. The number of nitrogens with zero attached hydrogens (tertiary/aromatic N) is 1. The SMILES string of the molecule is CCOc1ccc(S(=O)(=O)Nc2ccc(OCC#N)cc2)c2ccccc12. The van der Waals surface area contributed by atoms with Crippen LogP contribution >= 0.6 is 0 Å². The molecule has 0 aliphatic rings. The number of fused-ring (bicyclic) bond motifs is 1. The molecule has 0 bridgehead atoms. The number of nitriles is 1. The molecule has 0 heterocycles. The second-order valence-electron chi connectivity index (χ2n) is 5.62. The van der Waals surface area contributed by atoms with Crippen LogP contribution in [-0.2, 0) is 10.0 Å². The number of benzene rings is 3. The molecule has 27 heavy (non-hydrogen) atoms. The second-order valence-corrected chi connectivity index (χ2v) is 7.27. The molecule has 0 amide bonds. The maximum Gasteiger partial charge on any atom is 0.262 e. The van der Waals surface area contributed by atoms with Gasteiger partial charge in [0.1, 0.15) is 17.6 Å². The number of hydrogen-bond acceptors (Lipinski definition) is 5. The van der Waals surface area contributed by atoms with Crippen LogP contribution in [-0.4, -0.2) is 21.6 Å². The third kappa shape index (κ3) is 4.13. The molecule has 3 aromatic rings. The summed E-state index contributed by atoms with van der Waals surface area (Å²) in [4.78, 5) is 0.173. The van der Waals surface area contributed by atoms with Crippen molar-refractivity contribution in [3.8, 4) is 17.6 Å². The number of hydrogen-bond donors (Lipinski definition) is 1. The molecule has 138 valence electrons. The van der Waals surface area contributed by atoms with Crippen molar-refractivity contribution >= 4 is 26.5 Å². The van der Waals surface area contributed by atoms with Gasteiger partial charge in [-0.25, -0.2) is 8.42 Å². The first-order valence-corrected chi connectivity index (χ1v) is 9.80. The third-order valence-electron chi connectivity index (χ3n) is 3.84. The lowest BCUT2D eigenvalue weighted by atomic mass is 10.1. The highest BCUT2D eigenvalue weighted by molar-refractivity contribution is 7.93. The van der Waals surface area contributed by atoms with Crippen LogP contribution in [0.4, 0.5) is 5.69 Å². The molecular weight excluding hydrogens is 364 g/mol. The highest BCUT2D eigenvalue weighted by Crippen LogP contribution is 2.32. The molecule has 0 saturated heterocycles. The summed E-state index contributed by atoms with van der Waals surface area (Å²) in [6.45, 7) is 2.31. The van der Waals surface area contributed by atoms with Gasteiger partial charge in [0, 0.05) is 16.5 Å². The van der Waals surface area contributed by atoms with Crippen LogP contribution in [0.2, 0.25) is 0 Å². The predicted molar refractivity (Wildman–Crippen MR) is 103 cm³/mol. The second kappa shape index (κ2) is 7.98. The largest absolute Gasteiger partial charge is 0.493 e. The lowest BCUT2D eigenvalue weighted by Crippen LogP contribution is -2.13. The Morgan fingerprint density at radius 1 is 0.963 bits per heavy atom. The lowest BCUT2D eigenvalue weighted by Gasteiger charge is -2.13. The summed E-state index contributed by atoms with van der Waals surface area (Å²) in [5.74, 6) is 1.14. The van der Waals surface area contributed by atoms with E-state index in [0.717, 1.165) is 5.39 Å². The van der Waals surface area contributed by atoms with E-state index < -0.39 is 10.0 Å². The minimum Gasteiger partial charge on any atom is -0.493 e. The quantitative estimate of drug-likeness (QED) is 0.669. The van der Waals surface area contributed by atoms with Gasteiger partial charge in [-0.3, -0.25) is 4.72 Å². The number of sulfonamides is 1. The maximum atomic E-state index is 12.9. The zero-order valence-electron chi connectivity index (χ0n) is 14.7. The first-order chi connectivity index (χ1) is 13.0. The van der Waals surface area contributed by atoms with Crippen LogP contribution in [0.25, 0.3) is 10.8 Å². The van der Waals surface area contributed by atoms with Gasteiger partial charge in [-0.05, 0) is 43.3 Å². The molecule has 3 rings (SSSR count). The summed E-state index contributed by atoms with van der Waals surface area (Å²) >= 11 is 0. The summed E-state index contributed by atoms with van der Waals surface area (Å²) in [5.41, 5.74) is 0.400. The van der Waals surface area contributed by atoms with Crippen LogP contribution in [0.15, 0.2) is 65.6 Å². The molecule has 1 N–H and O–H groups in total. The molecule has 0 aliphatic carbocycles. The average Bonchev–Trinajstić information content (AvgIpc) is 2.67. The fourth-order valence-corrected chi connectivity index (χ4v) is 3.98. The van der Waals surface area contributed by atoms with Gasteiger partial charge >= 0.3 is 0 Å². The molecule has 0 aliphatic heterocycles. The fourth-order valence-electron chi connectivity index (χ4n) is 2.70. The zero-order valence-corrected chi connectivity index (χ0v) is 15.5. The fraction of sp³-hybridized carbons (Fsp3) is 0.150. The van der Waals surface area contributed by atoms with E-state index in [-0.39, 0.29) is 11.5 Å². The highest BCUT2D eigenvalue weighted by Gasteiger charge is 2.19. The van der Waals surface area contributed by atoms with Crippen LogP contribution in [0.1, 0.15) is 6.92 Å². The van der Waals surface area contributed by atoms with E-state index in [0.29, 0.717) is 29.2 Å². The Kier molecular flexibility index (Phi) is 5.48. The van der Waals surface area contributed by atoms with Crippen molar-refractivity contribution in [1.82, 2.24) is 0 Å². The highest BCUT2D eigenvalue weighted by atomic mass is 32.2. The third-order valence-corrected chi connectivity index (χ3v) is 5.28. The van der Waals surface area contributed by atoms with Gasteiger partial charge in [-0.1, -0.05) is 24.3 Å². The number of ether oxygens (including phenoxy) is 2. The van der Waals surface area contributed by atoms with Crippen LogP contribution in [0, 0.1) is 11.3 Å².